The van der Waals surface area contributed by atoms with Crippen molar-refractivity contribution in [1.82, 2.24) is 0 Å². The lowest BCUT2D eigenvalue weighted by Crippen LogP contribution is -2.78. The van der Waals surface area contributed by atoms with Crippen LogP contribution in [0.3, 0.4) is 0 Å². The molecule has 3 aromatic carbocycles. The first-order valence-electron chi connectivity index (χ1n) is 11.3. The summed E-state index contributed by atoms with van der Waals surface area (Å²) in [7, 11) is 0. The SMILES string of the molecule is OC1[C@H]2OC3(c4ccccc4)OC([C@H]2OCc2ccccc2)[C@H](OCc2ccccc2)[C@H]1O3. The standard InChI is InChI=1S/C27H26O6/c28-21-22-24(29-16-18-10-4-1-5-11-18)26-25(30-17-19-12-6-2-7-13-19)23(21)32-27(31-22,33-26)20-14-8-3-9-15-20/h1-15,21-26,28H,16-17H2/t21?,22-,23+,24+,25-,26?,27?. The molecule has 6 nitrogen and oxygen atoms in total. The van der Waals surface area contributed by atoms with E-state index >= 15 is 0 Å². The molecule has 3 unspecified atom stereocenters. The van der Waals surface area contributed by atoms with E-state index in [1.165, 1.54) is 0 Å². The molecule has 170 valence electrons. The molecule has 0 aromatic heterocycles. The zero-order chi connectivity index (χ0) is 22.3. The molecule has 0 radical (unpaired) electrons. The summed E-state index contributed by atoms with van der Waals surface area (Å²) in [5.41, 5.74) is 2.83. The van der Waals surface area contributed by atoms with Crippen molar-refractivity contribution in [2.45, 2.75) is 55.8 Å². The summed E-state index contributed by atoms with van der Waals surface area (Å²) in [6.07, 6.45) is -3.55. The lowest BCUT2D eigenvalue weighted by atomic mass is 9.81. The average molecular weight is 446 g/mol. The van der Waals surface area contributed by atoms with Gasteiger partial charge in [-0.2, -0.15) is 0 Å². The fourth-order valence-corrected chi connectivity index (χ4v) is 4.92. The zero-order valence-corrected chi connectivity index (χ0v) is 18.0. The lowest BCUT2D eigenvalue weighted by Gasteiger charge is -2.62. The molecule has 3 saturated heterocycles. The molecule has 0 spiro atoms. The minimum atomic E-state index is -1.38. The molecule has 1 aliphatic carbocycles. The van der Waals surface area contributed by atoms with Gasteiger partial charge in [-0.15, -0.1) is 0 Å². The van der Waals surface area contributed by atoms with Crippen LogP contribution in [0.1, 0.15) is 16.7 Å². The fourth-order valence-electron chi connectivity index (χ4n) is 4.92. The topological polar surface area (TPSA) is 66.4 Å². The molecule has 0 amide bonds. The Balaban J connectivity index is 1.29. The summed E-state index contributed by atoms with van der Waals surface area (Å²) in [4.78, 5) is 0. The summed E-state index contributed by atoms with van der Waals surface area (Å²) in [5, 5.41) is 11.2. The van der Waals surface area contributed by atoms with E-state index in [1.807, 2.05) is 91.0 Å². The van der Waals surface area contributed by atoms with Crippen LogP contribution in [0.2, 0.25) is 0 Å². The van der Waals surface area contributed by atoms with Crippen molar-refractivity contribution in [3.8, 4) is 0 Å². The molecule has 3 aromatic rings. The van der Waals surface area contributed by atoms with E-state index in [1.54, 1.807) is 0 Å². The van der Waals surface area contributed by atoms with Gasteiger partial charge in [0.05, 0.1) is 13.2 Å². The Kier molecular flexibility index (Phi) is 5.50. The van der Waals surface area contributed by atoms with Crippen molar-refractivity contribution in [2.24, 2.45) is 0 Å². The third kappa shape index (κ3) is 3.79. The lowest BCUT2D eigenvalue weighted by molar-refractivity contribution is -0.552. The van der Waals surface area contributed by atoms with Gasteiger partial charge in [0.1, 0.15) is 36.6 Å². The van der Waals surface area contributed by atoms with Crippen molar-refractivity contribution in [3.63, 3.8) is 0 Å². The highest BCUT2D eigenvalue weighted by Crippen LogP contribution is 2.51. The summed E-state index contributed by atoms with van der Waals surface area (Å²) >= 11 is 0. The molecule has 7 atom stereocenters. The smallest absolute Gasteiger partial charge is 0.313 e. The van der Waals surface area contributed by atoms with E-state index in [4.69, 9.17) is 23.7 Å². The number of benzene rings is 3. The molecule has 4 aliphatic rings. The average Bonchev–Trinajstić information content (AvgIpc) is 2.88. The van der Waals surface area contributed by atoms with Gasteiger partial charge in [0, 0.05) is 5.56 Å². The zero-order valence-electron chi connectivity index (χ0n) is 18.0. The van der Waals surface area contributed by atoms with Crippen LogP contribution >= 0.6 is 0 Å². The van der Waals surface area contributed by atoms with Crippen LogP contribution in [0.5, 0.6) is 0 Å². The Bertz CT molecular complexity index is 998. The number of hydrogen-bond acceptors (Lipinski definition) is 6. The Morgan fingerprint density at radius 2 is 1.03 bits per heavy atom. The van der Waals surface area contributed by atoms with Crippen LogP contribution in [0.15, 0.2) is 91.0 Å². The molecule has 6 heteroatoms. The van der Waals surface area contributed by atoms with Crippen molar-refractivity contribution < 1.29 is 28.8 Å². The maximum atomic E-state index is 11.2. The fraction of sp³-hybridized carbons (Fsp3) is 0.333. The Morgan fingerprint density at radius 3 is 1.52 bits per heavy atom. The molecule has 3 aliphatic heterocycles. The summed E-state index contributed by atoms with van der Waals surface area (Å²) in [5.74, 6) is -1.38. The van der Waals surface area contributed by atoms with E-state index < -0.39 is 42.6 Å². The van der Waals surface area contributed by atoms with Gasteiger partial charge < -0.3 is 28.8 Å². The van der Waals surface area contributed by atoms with E-state index in [0.717, 1.165) is 16.7 Å². The molecule has 3 heterocycles. The third-order valence-corrected chi connectivity index (χ3v) is 6.54. The van der Waals surface area contributed by atoms with E-state index in [9.17, 15) is 5.11 Å². The molecule has 4 bridgehead atoms. The first-order chi connectivity index (χ1) is 16.2. The van der Waals surface area contributed by atoms with Crippen molar-refractivity contribution >= 4 is 0 Å². The molecule has 7 rings (SSSR count). The highest BCUT2D eigenvalue weighted by molar-refractivity contribution is 5.23. The van der Waals surface area contributed by atoms with Crippen LogP contribution < -0.4 is 0 Å². The maximum absolute atomic E-state index is 11.2. The molecular formula is C27H26O6. The number of aliphatic hydroxyl groups excluding tert-OH is 1. The van der Waals surface area contributed by atoms with Crippen molar-refractivity contribution in [3.05, 3.63) is 108 Å². The van der Waals surface area contributed by atoms with Gasteiger partial charge in [0.25, 0.3) is 0 Å². The second kappa shape index (κ2) is 8.65. The van der Waals surface area contributed by atoms with E-state index in [0.29, 0.717) is 13.2 Å². The van der Waals surface area contributed by atoms with Crippen LogP contribution in [0.25, 0.3) is 0 Å². The first-order valence-corrected chi connectivity index (χ1v) is 11.3. The van der Waals surface area contributed by atoms with E-state index in [-0.39, 0.29) is 0 Å². The second-order valence-corrected chi connectivity index (χ2v) is 8.68. The highest BCUT2D eigenvalue weighted by Gasteiger charge is 2.68. The normalized spacial score (nSPS) is 34.5. The third-order valence-electron chi connectivity index (χ3n) is 6.54. The number of hydrogen-bond donors (Lipinski definition) is 1. The van der Waals surface area contributed by atoms with Gasteiger partial charge in [0.2, 0.25) is 0 Å². The molecule has 4 fully saturated rings. The van der Waals surface area contributed by atoms with Crippen LogP contribution in [-0.4, -0.2) is 41.7 Å². The van der Waals surface area contributed by atoms with Crippen molar-refractivity contribution in [2.75, 3.05) is 0 Å². The Morgan fingerprint density at radius 1 is 0.606 bits per heavy atom. The largest absolute Gasteiger partial charge is 0.387 e. The molecule has 1 saturated carbocycles. The first kappa shape index (κ1) is 21.0. The number of ether oxygens (including phenoxy) is 5. The summed E-state index contributed by atoms with van der Waals surface area (Å²) < 4.78 is 31.5. The van der Waals surface area contributed by atoms with Crippen LogP contribution in [0.4, 0.5) is 0 Å². The quantitative estimate of drug-likeness (QED) is 0.599. The number of aliphatic hydroxyl groups is 1. The monoisotopic (exact) mass is 446 g/mol. The van der Waals surface area contributed by atoms with Gasteiger partial charge in [-0.05, 0) is 11.1 Å². The van der Waals surface area contributed by atoms with Gasteiger partial charge in [-0.3, -0.25) is 0 Å². The minimum absolute atomic E-state index is 0.382. The molecule has 33 heavy (non-hydrogen) atoms. The summed E-state index contributed by atoms with van der Waals surface area (Å²) in [6.45, 7) is 0.764. The Labute approximate surface area is 192 Å². The second-order valence-electron chi connectivity index (χ2n) is 8.68. The van der Waals surface area contributed by atoms with Crippen LogP contribution in [-0.2, 0) is 42.9 Å². The van der Waals surface area contributed by atoms with Crippen LogP contribution in [0, 0.1) is 0 Å². The number of rotatable bonds is 7. The minimum Gasteiger partial charge on any atom is -0.387 e. The predicted octanol–water partition coefficient (Wildman–Crippen LogP) is 3.53. The van der Waals surface area contributed by atoms with Gasteiger partial charge in [-0.25, -0.2) is 0 Å². The predicted molar refractivity (Wildman–Crippen MR) is 119 cm³/mol. The Hall–Kier alpha value is -2.58. The highest BCUT2D eigenvalue weighted by atomic mass is 16.9. The van der Waals surface area contributed by atoms with Gasteiger partial charge in [-0.1, -0.05) is 91.0 Å². The van der Waals surface area contributed by atoms with Crippen molar-refractivity contribution in [1.29, 1.82) is 0 Å². The molecule has 1 N–H and O–H groups in total. The van der Waals surface area contributed by atoms with Gasteiger partial charge >= 0.3 is 5.97 Å². The molecular weight excluding hydrogens is 420 g/mol. The van der Waals surface area contributed by atoms with E-state index in [2.05, 4.69) is 0 Å². The maximum Gasteiger partial charge on any atom is 0.313 e. The van der Waals surface area contributed by atoms with Gasteiger partial charge in [0.15, 0.2) is 0 Å². The summed E-state index contributed by atoms with van der Waals surface area (Å²) in [6, 6.07) is 29.4.